The van der Waals surface area contributed by atoms with Gasteiger partial charge in [0.15, 0.2) is 6.04 Å². The number of hydrogen-bond donors (Lipinski definition) is 2. The van der Waals surface area contributed by atoms with Crippen LogP contribution in [0.1, 0.15) is 27.7 Å². The molecule has 0 saturated carbocycles. The van der Waals surface area contributed by atoms with Gasteiger partial charge in [-0.05, 0) is 19.1 Å². The van der Waals surface area contributed by atoms with Gasteiger partial charge in [0, 0.05) is 5.56 Å². The number of carbonyl (C=O) groups is 2. The summed E-state index contributed by atoms with van der Waals surface area (Å²) in [5.74, 6) is -2.30. The first-order chi connectivity index (χ1) is 9.50. The quantitative estimate of drug-likeness (QED) is 0.898. The molecule has 2 rings (SSSR count). The zero-order valence-corrected chi connectivity index (χ0v) is 10.6. The van der Waals surface area contributed by atoms with Crippen LogP contribution in [0, 0.1) is 12.7 Å². The average molecular weight is 277 g/mol. The van der Waals surface area contributed by atoms with Gasteiger partial charge in [-0.2, -0.15) is 0 Å². The average Bonchev–Trinajstić information content (AvgIpc) is 2.83. The molecule has 1 heterocycles. The molecule has 6 heteroatoms. The minimum atomic E-state index is -1.46. The molecule has 1 atom stereocenters. The maximum atomic E-state index is 13.6. The van der Waals surface area contributed by atoms with Crippen molar-refractivity contribution in [3.05, 3.63) is 59.3 Å². The van der Waals surface area contributed by atoms with Gasteiger partial charge < -0.3 is 14.8 Å². The second kappa shape index (κ2) is 5.56. The van der Waals surface area contributed by atoms with Crippen molar-refractivity contribution in [1.82, 2.24) is 5.32 Å². The van der Waals surface area contributed by atoms with Gasteiger partial charge in [-0.3, -0.25) is 4.79 Å². The first-order valence-electron chi connectivity index (χ1n) is 5.83. The van der Waals surface area contributed by atoms with E-state index in [4.69, 9.17) is 9.52 Å². The Kier molecular flexibility index (Phi) is 3.84. The normalized spacial score (nSPS) is 11.9. The zero-order valence-electron chi connectivity index (χ0n) is 10.6. The Bertz CT molecular complexity index is 650. The third kappa shape index (κ3) is 2.69. The van der Waals surface area contributed by atoms with Crippen molar-refractivity contribution >= 4 is 11.9 Å². The largest absolute Gasteiger partial charge is 0.479 e. The lowest BCUT2D eigenvalue weighted by molar-refractivity contribution is -0.139. The molecular formula is C14H12FNO4. The second-order valence-corrected chi connectivity index (χ2v) is 4.16. The van der Waals surface area contributed by atoms with Gasteiger partial charge in [-0.25, -0.2) is 9.18 Å². The van der Waals surface area contributed by atoms with E-state index < -0.39 is 23.7 Å². The monoisotopic (exact) mass is 277 g/mol. The van der Waals surface area contributed by atoms with Gasteiger partial charge >= 0.3 is 5.97 Å². The topological polar surface area (TPSA) is 79.5 Å². The van der Waals surface area contributed by atoms with E-state index in [0.717, 1.165) is 6.07 Å². The molecule has 5 nitrogen and oxygen atoms in total. The predicted molar refractivity (Wildman–Crippen MR) is 67.7 cm³/mol. The van der Waals surface area contributed by atoms with Crippen LogP contribution < -0.4 is 5.32 Å². The predicted octanol–water partition coefficient (Wildman–Crippen LogP) is 2.28. The maximum absolute atomic E-state index is 13.6. The Morgan fingerprint density at radius 2 is 2.00 bits per heavy atom. The molecule has 1 unspecified atom stereocenters. The second-order valence-electron chi connectivity index (χ2n) is 4.16. The van der Waals surface area contributed by atoms with Crippen molar-refractivity contribution in [2.45, 2.75) is 13.0 Å². The van der Waals surface area contributed by atoms with Gasteiger partial charge in [0.2, 0.25) is 0 Å². The van der Waals surface area contributed by atoms with Crippen LogP contribution >= 0.6 is 0 Å². The van der Waals surface area contributed by atoms with Crippen molar-refractivity contribution < 1.29 is 23.5 Å². The maximum Gasteiger partial charge on any atom is 0.331 e. The number of carboxylic acid groups (broad SMARTS) is 1. The standard InChI is InChI=1S/C14H12FNO4/c1-8-9(6-7-20-8)13(17)16-12(14(18)19)10-4-2-3-5-11(10)15/h2-7,12H,1H3,(H,16,17)(H,18,19). The first-order valence-corrected chi connectivity index (χ1v) is 5.83. The molecule has 0 radical (unpaired) electrons. The van der Waals surface area contributed by atoms with E-state index in [2.05, 4.69) is 5.32 Å². The number of carboxylic acids is 1. The van der Waals surface area contributed by atoms with Crippen LogP contribution in [0.4, 0.5) is 4.39 Å². The lowest BCUT2D eigenvalue weighted by atomic mass is 10.1. The van der Waals surface area contributed by atoms with Crippen molar-refractivity contribution in [1.29, 1.82) is 0 Å². The highest BCUT2D eigenvalue weighted by Crippen LogP contribution is 2.18. The summed E-state index contributed by atoms with van der Waals surface area (Å²) < 4.78 is 18.6. The van der Waals surface area contributed by atoms with Crippen LogP contribution in [0.5, 0.6) is 0 Å². The molecular weight excluding hydrogens is 265 g/mol. The van der Waals surface area contributed by atoms with Crippen LogP contribution in [0.25, 0.3) is 0 Å². The van der Waals surface area contributed by atoms with Crippen molar-refractivity contribution in [3.63, 3.8) is 0 Å². The van der Waals surface area contributed by atoms with E-state index >= 15 is 0 Å². The number of rotatable bonds is 4. The number of nitrogens with one attached hydrogen (secondary N) is 1. The number of hydrogen-bond acceptors (Lipinski definition) is 3. The Balaban J connectivity index is 2.28. The van der Waals surface area contributed by atoms with Gasteiger partial charge in [0.1, 0.15) is 11.6 Å². The van der Waals surface area contributed by atoms with Gasteiger partial charge in [0.05, 0.1) is 11.8 Å². The smallest absolute Gasteiger partial charge is 0.331 e. The number of benzene rings is 1. The Morgan fingerprint density at radius 3 is 2.55 bits per heavy atom. The minimum Gasteiger partial charge on any atom is -0.479 e. The highest BCUT2D eigenvalue weighted by Gasteiger charge is 2.26. The summed E-state index contributed by atoms with van der Waals surface area (Å²) in [5, 5.41) is 11.4. The van der Waals surface area contributed by atoms with Crippen molar-refractivity contribution in [3.8, 4) is 0 Å². The van der Waals surface area contributed by atoms with E-state index in [0.29, 0.717) is 5.76 Å². The lowest BCUT2D eigenvalue weighted by Crippen LogP contribution is -2.34. The van der Waals surface area contributed by atoms with E-state index in [9.17, 15) is 14.0 Å². The molecule has 1 amide bonds. The fourth-order valence-electron chi connectivity index (χ4n) is 1.81. The summed E-state index contributed by atoms with van der Waals surface area (Å²) >= 11 is 0. The van der Waals surface area contributed by atoms with E-state index in [1.165, 1.54) is 30.5 Å². The molecule has 2 aromatic rings. The van der Waals surface area contributed by atoms with E-state index in [1.54, 1.807) is 6.92 Å². The van der Waals surface area contributed by atoms with Crippen LogP contribution in [-0.2, 0) is 4.79 Å². The first kappa shape index (κ1) is 13.8. The van der Waals surface area contributed by atoms with E-state index in [-0.39, 0.29) is 11.1 Å². The molecule has 1 aromatic heterocycles. The molecule has 0 saturated heterocycles. The lowest BCUT2D eigenvalue weighted by Gasteiger charge is -2.15. The Labute approximate surface area is 114 Å². The molecule has 0 aliphatic heterocycles. The molecule has 0 fully saturated rings. The highest BCUT2D eigenvalue weighted by molar-refractivity contribution is 5.97. The van der Waals surface area contributed by atoms with Gasteiger partial charge in [-0.1, -0.05) is 18.2 Å². The number of halogens is 1. The molecule has 0 aliphatic rings. The summed E-state index contributed by atoms with van der Waals surface area (Å²) in [6.45, 7) is 1.58. The minimum absolute atomic E-state index is 0.102. The van der Waals surface area contributed by atoms with Crippen LogP contribution in [-0.4, -0.2) is 17.0 Å². The zero-order chi connectivity index (χ0) is 14.7. The molecule has 20 heavy (non-hydrogen) atoms. The molecule has 0 bridgehead atoms. The van der Waals surface area contributed by atoms with Crippen molar-refractivity contribution in [2.24, 2.45) is 0 Å². The van der Waals surface area contributed by atoms with Crippen LogP contribution in [0.2, 0.25) is 0 Å². The summed E-state index contributed by atoms with van der Waals surface area (Å²) in [7, 11) is 0. The fraction of sp³-hybridized carbons (Fsp3) is 0.143. The molecule has 0 spiro atoms. The van der Waals surface area contributed by atoms with Crippen LogP contribution in [0.3, 0.4) is 0 Å². The third-order valence-electron chi connectivity index (χ3n) is 2.84. The molecule has 0 aliphatic carbocycles. The summed E-state index contributed by atoms with van der Waals surface area (Å²) in [6.07, 6.45) is 1.32. The number of carbonyl (C=O) groups excluding carboxylic acids is 1. The number of amides is 1. The number of furan rings is 1. The summed E-state index contributed by atoms with van der Waals surface area (Å²) in [6, 6.07) is 5.36. The summed E-state index contributed by atoms with van der Waals surface area (Å²) in [4.78, 5) is 23.2. The SMILES string of the molecule is Cc1occc1C(=O)NC(C(=O)O)c1ccccc1F. The number of aliphatic carboxylic acids is 1. The Hall–Kier alpha value is -2.63. The van der Waals surface area contributed by atoms with E-state index in [1.807, 2.05) is 0 Å². The Morgan fingerprint density at radius 1 is 1.30 bits per heavy atom. The molecule has 1 aromatic carbocycles. The molecule has 2 N–H and O–H groups in total. The van der Waals surface area contributed by atoms with Crippen LogP contribution in [0.15, 0.2) is 41.0 Å². The fourth-order valence-corrected chi connectivity index (χ4v) is 1.81. The highest BCUT2D eigenvalue weighted by atomic mass is 19.1. The third-order valence-corrected chi connectivity index (χ3v) is 2.84. The van der Waals surface area contributed by atoms with Gasteiger partial charge in [0.25, 0.3) is 5.91 Å². The summed E-state index contributed by atoms with van der Waals surface area (Å²) in [5.41, 5.74) is 0.113. The number of aryl methyl sites for hydroxylation is 1. The molecule has 104 valence electrons. The van der Waals surface area contributed by atoms with Gasteiger partial charge in [-0.15, -0.1) is 0 Å². The van der Waals surface area contributed by atoms with Crippen molar-refractivity contribution in [2.75, 3.05) is 0 Å².